The van der Waals surface area contributed by atoms with Gasteiger partial charge in [0.2, 0.25) is 0 Å². The van der Waals surface area contributed by atoms with Crippen molar-refractivity contribution in [3.63, 3.8) is 0 Å². The second-order valence-corrected chi connectivity index (χ2v) is 8.19. The van der Waals surface area contributed by atoms with Gasteiger partial charge in [-0.15, -0.1) is 0 Å². The molecule has 4 aromatic rings. The van der Waals surface area contributed by atoms with Gasteiger partial charge in [0.1, 0.15) is 11.5 Å². The summed E-state index contributed by atoms with van der Waals surface area (Å²) in [5.74, 6) is -1.63. The zero-order valence-electron chi connectivity index (χ0n) is 15.8. The lowest BCUT2D eigenvalue weighted by atomic mass is 10.1. The number of alkyl halides is 3. The summed E-state index contributed by atoms with van der Waals surface area (Å²) in [6.45, 7) is 1.72. The van der Waals surface area contributed by atoms with Gasteiger partial charge in [0.25, 0.3) is 5.91 Å². The number of nitrogens with zero attached hydrogens (tertiary/aromatic N) is 2. The number of aromatic nitrogens is 2. The molecule has 0 bridgehead atoms. The van der Waals surface area contributed by atoms with Crippen LogP contribution in [-0.2, 0) is 6.18 Å². The van der Waals surface area contributed by atoms with Crippen molar-refractivity contribution in [2.24, 2.45) is 0 Å². The Morgan fingerprint density at radius 1 is 1.10 bits per heavy atom. The Balaban J connectivity index is 2.00. The van der Waals surface area contributed by atoms with Crippen LogP contribution in [0.1, 0.15) is 21.5 Å². The van der Waals surface area contributed by atoms with Crippen molar-refractivity contribution in [2.45, 2.75) is 13.1 Å². The first-order valence-corrected chi connectivity index (χ1v) is 10.1. The van der Waals surface area contributed by atoms with Crippen molar-refractivity contribution < 1.29 is 22.4 Å². The summed E-state index contributed by atoms with van der Waals surface area (Å²) in [7, 11) is 0. The molecule has 0 fully saturated rings. The van der Waals surface area contributed by atoms with Gasteiger partial charge in [-0.3, -0.25) is 4.79 Å². The van der Waals surface area contributed by atoms with Gasteiger partial charge in [-0.05, 0) is 55.0 Å². The van der Waals surface area contributed by atoms with E-state index in [2.05, 4.69) is 21.0 Å². The summed E-state index contributed by atoms with van der Waals surface area (Å²) < 4.78 is 56.7. The third-order valence-corrected chi connectivity index (χ3v) is 5.56. The molecule has 158 valence electrons. The monoisotopic (exact) mass is 510 g/mol. The predicted molar refractivity (Wildman–Crippen MR) is 114 cm³/mol. The van der Waals surface area contributed by atoms with E-state index in [0.717, 1.165) is 16.8 Å². The Labute approximate surface area is 187 Å². The van der Waals surface area contributed by atoms with Gasteiger partial charge in [-0.25, -0.2) is 4.39 Å². The first kappa shape index (κ1) is 21.5. The Morgan fingerprint density at radius 2 is 1.84 bits per heavy atom. The lowest BCUT2D eigenvalue weighted by Gasteiger charge is -2.13. The molecular weight excluding hydrogens is 500 g/mol. The molecule has 3 aromatic carbocycles. The molecule has 1 aromatic heterocycles. The van der Waals surface area contributed by atoms with E-state index in [4.69, 9.17) is 11.6 Å². The maximum absolute atomic E-state index is 14.6. The van der Waals surface area contributed by atoms with Gasteiger partial charge in [0.15, 0.2) is 0 Å². The molecule has 0 radical (unpaired) electrons. The molecule has 0 aliphatic carbocycles. The van der Waals surface area contributed by atoms with E-state index in [1.165, 1.54) is 24.3 Å². The number of aryl methyl sites for hydroxylation is 1. The van der Waals surface area contributed by atoms with E-state index in [9.17, 15) is 22.4 Å². The average molecular weight is 512 g/mol. The number of fused-ring (bicyclic) bond motifs is 1. The molecule has 0 saturated carbocycles. The number of rotatable bonds is 2. The van der Waals surface area contributed by atoms with Crippen LogP contribution in [0.15, 0.2) is 59.1 Å². The summed E-state index contributed by atoms with van der Waals surface area (Å²) in [6.07, 6.45) is -4.80. The van der Waals surface area contributed by atoms with Crippen LogP contribution in [0.4, 0.5) is 17.6 Å². The Hall–Kier alpha value is -2.71. The number of hydrogen-bond acceptors (Lipinski definition) is 2. The quantitative estimate of drug-likeness (QED) is 0.265. The van der Waals surface area contributed by atoms with Gasteiger partial charge < -0.3 is 0 Å². The summed E-state index contributed by atoms with van der Waals surface area (Å²) in [4.78, 5) is 13.3. The van der Waals surface area contributed by atoms with Crippen LogP contribution in [-0.4, -0.2) is 15.7 Å². The summed E-state index contributed by atoms with van der Waals surface area (Å²) in [5.41, 5.74) is -0.741. The molecule has 0 unspecified atom stereocenters. The molecule has 3 nitrogen and oxygen atoms in total. The van der Waals surface area contributed by atoms with Crippen molar-refractivity contribution >= 4 is 44.3 Å². The first-order valence-electron chi connectivity index (χ1n) is 8.93. The normalized spacial score (nSPS) is 11.8. The van der Waals surface area contributed by atoms with Crippen LogP contribution in [0.5, 0.6) is 0 Å². The maximum Gasteiger partial charge on any atom is 0.417 e. The van der Waals surface area contributed by atoms with Crippen LogP contribution in [0, 0.1) is 12.7 Å². The van der Waals surface area contributed by atoms with Crippen LogP contribution in [0.3, 0.4) is 0 Å². The standard InChI is InChI=1S/C22H12BrClF4N2O/c1-11-5-7-13(17(25)9-11)20-14-8-6-12(23)10-18(14)30(29-20)21(31)19-15(22(26,27)28)3-2-4-16(19)24/h2-10H,1H3. The van der Waals surface area contributed by atoms with Crippen LogP contribution in [0.25, 0.3) is 22.2 Å². The molecule has 0 aliphatic heterocycles. The van der Waals surface area contributed by atoms with Crippen molar-refractivity contribution in [1.29, 1.82) is 0 Å². The average Bonchev–Trinajstić information content (AvgIpc) is 3.05. The Morgan fingerprint density at radius 3 is 2.52 bits per heavy atom. The first-order chi connectivity index (χ1) is 14.6. The highest BCUT2D eigenvalue weighted by molar-refractivity contribution is 9.10. The maximum atomic E-state index is 14.6. The SMILES string of the molecule is Cc1ccc(-c2nn(C(=O)c3c(Cl)cccc3C(F)(F)F)c3cc(Br)ccc23)c(F)c1. The third kappa shape index (κ3) is 3.85. The number of hydrogen-bond donors (Lipinski definition) is 0. The highest BCUT2D eigenvalue weighted by Crippen LogP contribution is 2.37. The smallest absolute Gasteiger partial charge is 0.267 e. The molecule has 0 saturated heterocycles. The molecule has 0 aliphatic rings. The van der Waals surface area contributed by atoms with Crippen LogP contribution < -0.4 is 0 Å². The lowest BCUT2D eigenvalue weighted by Crippen LogP contribution is -2.20. The fourth-order valence-electron chi connectivity index (χ4n) is 3.34. The molecule has 0 atom stereocenters. The van der Waals surface area contributed by atoms with E-state index in [-0.39, 0.29) is 21.8 Å². The molecule has 31 heavy (non-hydrogen) atoms. The third-order valence-electron chi connectivity index (χ3n) is 4.75. The van der Waals surface area contributed by atoms with Gasteiger partial charge in [0, 0.05) is 15.4 Å². The largest absolute Gasteiger partial charge is 0.417 e. The van der Waals surface area contributed by atoms with E-state index in [1.54, 1.807) is 25.1 Å². The molecule has 0 N–H and O–H groups in total. The molecule has 9 heteroatoms. The fourth-order valence-corrected chi connectivity index (χ4v) is 3.94. The van der Waals surface area contributed by atoms with Crippen molar-refractivity contribution in [3.8, 4) is 11.3 Å². The second kappa shape index (κ2) is 7.76. The Kier molecular flexibility index (Phi) is 5.39. The predicted octanol–water partition coefficient (Wildman–Crippen LogP) is 7.27. The van der Waals surface area contributed by atoms with E-state index < -0.39 is 29.0 Å². The number of benzene rings is 3. The summed E-state index contributed by atoms with van der Waals surface area (Å²) >= 11 is 9.29. The molecule has 4 rings (SSSR count). The highest BCUT2D eigenvalue weighted by atomic mass is 79.9. The molecular formula is C22H12BrClF4N2O. The van der Waals surface area contributed by atoms with Gasteiger partial charge in [-0.2, -0.15) is 23.0 Å². The highest BCUT2D eigenvalue weighted by Gasteiger charge is 2.37. The van der Waals surface area contributed by atoms with Crippen molar-refractivity contribution in [1.82, 2.24) is 9.78 Å². The van der Waals surface area contributed by atoms with Gasteiger partial charge >= 0.3 is 6.18 Å². The van der Waals surface area contributed by atoms with Crippen LogP contribution in [0.2, 0.25) is 5.02 Å². The minimum Gasteiger partial charge on any atom is -0.267 e. The van der Waals surface area contributed by atoms with Gasteiger partial charge in [-0.1, -0.05) is 39.7 Å². The number of carbonyl (C=O) groups is 1. The topological polar surface area (TPSA) is 34.9 Å². The van der Waals surface area contributed by atoms with E-state index in [1.807, 2.05) is 0 Å². The Bertz CT molecular complexity index is 1350. The molecule has 0 amide bonds. The van der Waals surface area contributed by atoms with Gasteiger partial charge in [0.05, 0.1) is 21.7 Å². The van der Waals surface area contributed by atoms with E-state index >= 15 is 0 Å². The van der Waals surface area contributed by atoms with E-state index in [0.29, 0.717) is 15.4 Å². The number of carbonyl (C=O) groups excluding carboxylic acids is 1. The summed E-state index contributed by atoms with van der Waals surface area (Å²) in [6, 6.07) is 12.4. The van der Waals surface area contributed by atoms with Crippen molar-refractivity contribution in [3.05, 3.63) is 86.6 Å². The molecule has 1 heterocycles. The number of halogens is 6. The zero-order valence-corrected chi connectivity index (χ0v) is 18.1. The van der Waals surface area contributed by atoms with Crippen molar-refractivity contribution in [2.75, 3.05) is 0 Å². The fraction of sp³-hybridized carbons (Fsp3) is 0.0909. The minimum atomic E-state index is -4.80. The molecule has 0 spiro atoms. The minimum absolute atomic E-state index is 0.125. The second-order valence-electron chi connectivity index (χ2n) is 6.87. The lowest BCUT2D eigenvalue weighted by molar-refractivity contribution is -0.137. The summed E-state index contributed by atoms with van der Waals surface area (Å²) in [5, 5.41) is 4.26. The zero-order chi connectivity index (χ0) is 22.5. The van der Waals surface area contributed by atoms with Crippen LogP contribution >= 0.6 is 27.5 Å².